The number of halogens is 3. The number of guanidine groups is 1. The zero-order chi connectivity index (χ0) is 20.0. The van der Waals surface area contributed by atoms with Gasteiger partial charge in [-0.1, -0.05) is 12.1 Å². The van der Waals surface area contributed by atoms with Crippen molar-refractivity contribution < 1.29 is 13.2 Å². The van der Waals surface area contributed by atoms with Crippen molar-refractivity contribution in [3.8, 4) is 0 Å². The number of aryl methyl sites for hydroxylation is 1. The highest BCUT2D eigenvalue weighted by atomic mass is 32.1. The molecule has 0 aliphatic rings. The monoisotopic (exact) mass is 427 g/mol. The zero-order valence-corrected chi connectivity index (χ0v) is 16.8. The molecule has 2 aromatic heterocycles. The Labute approximate surface area is 168 Å². The Morgan fingerprint density at radius 1 is 1.07 bits per heavy atom. The van der Waals surface area contributed by atoms with Crippen LogP contribution < -0.4 is 10.6 Å². The average molecular weight is 428 g/mol. The molecule has 0 saturated carbocycles. The number of hydrogen-bond acceptors (Lipinski definition) is 5. The summed E-state index contributed by atoms with van der Waals surface area (Å²) in [4.78, 5) is 12.4. The molecule has 0 fully saturated rings. The van der Waals surface area contributed by atoms with Crippen LogP contribution in [-0.2, 0) is 19.0 Å². The summed E-state index contributed by atoms with van der Waals surface area (Å²) in [6, 6.07) is 8.08. The van der Waals surface area contributed by atoms with Crippen molar-refractivity contribution in [2.45, 2.75) is 25.4 Å². The predicted octanol–water partition coefficient (Wildman–Crippen LogP) is 4.11. The predicted molar refractivity (Wildman–Crippen MR) is 108 cm³/mol. The van der Waals surface area contributed by atoms with Gasteiger partial charge in [-0.2, -0.15) is 13.2 Å². The third kappa shape index (κ3) is 5.65. The molecule has 1 aromatic carbocycles. The van der Waals surface area contributed by atoms with E-state index in [1.54, 1.807) is 18.4 Å². The van der Waals surface area contributed by atoms with Crippen LogP contribution in [0.5, 0.6) is 0 Å². The van der Waals surface area contributed by atoms with Gasteiger partial charge in [0.05, 0.1) is 20.2 Å². The molecule has 0 aliphatic carbocycles. The summed E-state index contributed by atoms with van der Waals surface area (Å²) in [6.07, 6.45) is -2.19. The van der Waals surface area contributed by atoms with Crippen molar-refractivity contribution in [3.63, 3.8) is 0 Å². The lowest BCUT2D eigenvalue weighted by molar-refractivity contribution is -0.140. The summed E-state index contributed by atoms with van der Waals surface area (Å²) in [5.41, 5.74) is 0.202. The lowest BCUT2D eigenvalue weighted by Crippen LogP contribution is -2.38. The quantitative estimate of drug-likeness (QED) is 0.338. The van der Waals surface area contributed by atoms with E-state index in [0.717, 1.165) is 46.6 Å². The second-order valence-electron chi connectivity index (χ2n) is 5.98. The lowest BCUT2D eigenvalue weighted by Gasteiger charge is -2.10. The number of thiazole rings is 2. The molecule has 2 heterocycles. The number of aromatic nitrogens is 2. The highest BCUT2D eigenvalue weighted by Gasteiger charge is 2.33. The molecule has 0 saturated heterocycles. The largest absolute Gasteiger partial charge is 0.434 e. The number of benzene rings is 1. The van der Waals surface area contributed by atoms with E-state index in [0.29, 0.717) is 23.9 Å². The minimum Gasteiger partial charge on any atom is -0.356 e. The molecule has 3 aromatic rings. The van der Waals surface area contributed by atoms with Crippen LogP contribution in [0.3, 0.4) is 0 Å². The van der Waals surface area contributed by atoms with Crippen LogP contribution in [0.1, 0.15) is 22.1 Å². The first kappa shape index (κ1) is 20.5. The number of nitrogens with zero attached hydrogens (tertiary/aromatic N) is 3. The molecule has 0 spiro atoms. The fourth-order valence-electron chi connectivity index (χ4n) is 2.54. The van der Waals surface area contributed by atoms with Crippen LogP contribution in [0.2, 0.25) is 0 Å². The van der Waals surface area contributed by atoms with Gasteiger partial charge >= 0.3 is 6.18 Å². The molecule has 0 unspecified atom stereocenters. The average Bonchev–Trinajstić information content (AvgIpc) is 3.30. The summed E-state index contributed by atoms with van der Waals surface area (Å²) in [7, 11) is 1.66. The fraction of sp³-hybridized carbons (Fsp3) is 0.389. The van der Waals surface area contributed by atoms with Gasteiger partial charge < -0.3 is 10.6 Å². The number of hydrogen-bond donors (Lipinski definition) is 2. The molecule has 0 aliphatic heterocycles. The number of rotatable bonds is 7. The van der Waals surface area contributed by atoms with Crippen molar-refractivity contribution >= 4 is 38.8 Å². The van der Waals surface area contributed by atoms with Gasteiger partial charge in [-0.25, -0.2) is 9.97 Å². The minimum atomic E-state index is -4.39. The van der Waals surface area contributed by atoms with Crippen molar-refractivity contribution in [2.75, 3.05) is 20.1 Å². The molecule has 28 heavy (non-hydrogen) atoms. The molecule has 150 valence electrons. The third-order valence-electron chi connectivity index (χ3n) is 3.90. The molecular formula is C18H20F3N5S2. The van der Waals surface area contributed by atoms with Crippen molar-refractivity contribution in [3.05, 3.63) is 45.4 Å². The molecule has 0 bridgehead atoms. The second-order valence-corrected chi connectivity index (χ2v) is 8.04. The van der Waals surface area contributed by atoms with E-state index >= 15 is 0 Å². The Kier molecular flexibility index (Phi) is 6.84. The molecular weight excluding hydrogens is 407 g/mol. The van der Waals surface area contributed by atoms with Crippen LogP contribution >= 0.6 is 22.7 Å². The van der Waals surface area contributed by atoms with E-state index in [2.05, 4.69) is 31.7 Å². The van der Waals surface area contributed by atoms with Gasteiger partial charge in [0.1, 0.15) is 0 Å². The van der Waals surface area contributed by atoms with E-state index in [1.807, 2.05) is 18.2 Å². The third-order valence-corrected chi connectivity index (χ3v) is 5.90. The van der Waals surface area contributed by atoms with Crippen LogP contribution in [0.4, 0.5) is 13.2 Å². The standard InChI is InChI=1S/C18H20F3N5S2/c1-22-17(24-10-8-15-26-14(11-27-15)18(19,20)21)23-9-4-7-16-25-12-5-2-3-6-13(12)28-16/h2-3,5-6,11H,4,7-10H2,1H3,(H2,22,23,24). The zero-order valence-electron chi connectivity index (χ0n) is 15.2. The molecule has 0 amide bonds. The Bertz CT molecular complexity index is 900. The Hall–Kier alpha value is -2.20. The molecule has 2 N–H and O–H groups in total. The maximum Gasteiger partial charge on any atom is 0.434 e. The molecule has 5 nitrogen and oxygen atoms in total. The lowest BCUT2D eigenvalue weighted by atomic mass is 10.3. The summed E-state index contributed by atoms with van der Waals surface area (Å²) in [6.45, 7) is 1.19. The van der Waals surface area contributed by atoms with Gasteiger partial charge in [0, 0.05) is 38.4 Å². The highest BCUT2D eigenvalue weighted by Crippen LogP contribution is 2.30. The highest BCUT2D eigenvalue weighted by molar-refractivity contribution is 7.18. The van der Waals surface area contributed by atoms with Crippen LogP contribution in [0.15, 0.2) is 34.6 Å². The van der Waals surface area contributed by atoms with E-state index in [-0.39, 0.29) is 0 Å². The minimum absolute atomic E-state index is 0.410. The number of nitrogens with one attached hydrogen (secondary N) is 2. The van der Waals surface area contributed by atoms with Crippen LogP contribution in [0, 0.1) is 0 Å². The normalized spacial score (nSPS) is 12.5. The van der Waals surface area contributed by atoms with Crippen molar-refractivity contribution in [1.82, 2.24) is 20.6 Å². The Morgan fingerprint density at radius 2 is 1.86 bits per heavy atom. The Balaban J connectivity index is 1.37. The maximum absolute atomic E-state index is 12.6. The number of fused-ring (bicyclic) bond motifs is 1. The second kappa shape index (κ2) is 9.33. The molecule has 0 radical (unpaired) electrons. The van der Waals surface area contributed by atoms with E-state index in [1.165, 1.54) is 4.70 Å². The summed E-state index contributed by atoms with van der Waals surface area (Å²) >= 11 is 2.73. The molecule has 10 heteroatoms. The van der Waals surface area contributed by atoms with Gasteiger partial charge in [-0.3, -0.25) is 4.99 Å². The van der Waals surface area contributed by atoms with E-state index in [9.17, 15) is 13.2 Å². The van der Waals surface area contributed by atoms with Gasteiger partial charge in [0.25, 0.3) is 0 Å². The first-order valence-electron chi connectivity index (χ1n) is 8.76. The number of para-hydroxylation sites is 1. The van der Waals surface area contributed by atoms with Gasteiger partial charge in [-0.15, -0.1) is 22.7 Å². The van der Waals surface area contributed by atoms with Gasteiger partial charge in [-0.05, 0) is 18.6 Å². The van der Waals surface area contributed by atoms with Crippen molar-refractivity contribution in [2.24, 2.45) is 4.99 Å². The van der Waals surface area contributed by atoms with E-state index in [4.69, 9.17) is 0 Å². The molecule has 3 rings (SSSR count). The summed E-state index contributed by atoms with van der Waals surface area (Å²) < 4.78 is 38.9. The van der Waals surface area contributed by atoms with Crippen LogP contribution in [-0.4, -0.2) is 36.1 Å². The van der Waals surface area contributed by atoms with Gasteiger partial charge in [0.2, 0.25) is 0 Å². The topological polar surface area (TPSA) is 62.2 Å². The van der Waals surface area contributed by atoms with Gasteiger partial charge in [0.15, 0.2) is 11.7 Å². The maximum atomic E-state index is 12.6. The SMILES string of the molecule is CN=C(NCCCc1nc2ccccc2s1)NCCc1nc(C(F)(F)F)cs1. The first-order chi connectivity index (χ1) is 13.5. The number of alkyl halides is 3. The summed E-state index contributed by atoms with van der Waals surface area (Å²) in [5.74, 6) is 0.622. The summed E-state index contributed by atoms with van der Waals surface area (Å²) in [5, 5.41) is 8.91. The number of aliphatic imine (C=N–C) groups is 1. The molecule has 0 atom stereocenters. The smallest absolute Gasteiger partial charge is 0.356 e. The van der Waals surface area contributed by atoms with E-state index < -0.39 is 11.9 Å². The Morgan fingerprint density at radius 3 is 2.57 bits per heavy atom. The first-order valence-corrected chi connectivity index (χ1v) is 10.5. The van der Waals surface area contributed by atoms with Crippen molar-refractivity contribution in [1.29, 1.82) is 0 Å². The fourth-order valence-corrected chi connectivity index (χ4v) is 4.35. The van der Waals surface area contributed by atoms with Crippen LogP contribution in [0.25, 0.3) is 10.2 Å².